The fourth-order valence-corrected chi connectivity index (χ4v) is 2.18. The van der Waals surface area contributed by atoms with E-state index in [2.05, 4.69) is 36.2 Å². The van der Waals surface area contributed by atoms with E-state index in [1.165, 1.54) is 25.9 Å². The normalized spacial score (nSPS) is 24.1. The lowest BCUT2D eigenvalue weighted by molar-refractivity contribution is 0.158. The third kappa shape index (κ3) is 4.80. The van der Waals surface area contributed by atoms with Crippen molar-refractivity contribution in [3.63, 3.8) is 0 Å². The molecule has 0 aromatic carbocycles. The SMILES string of the molecule is CNCC/C=C\C1CCCN(C(C)C)C1. The van der Waals surface area contributed by atoms with E-state index >= 15 is 0 Å². The molecule has 2 heteroatoms. The number of nitrogens with zero attached hydrogens (tertiary/aromatic N) is 1. The Labute approximate surface area is 94.7 Å². The first kappa shape index (κ1) is 12.7. The van der Waals surface area contributed by atoms with Crippen molar-refractivity contribution in [2.75, 3.05) is 26.7 Å². The zero-order valence-corrected chi connectivity index (χ0v) is 10.5. The molecule has 1 aliphatic heterocycles. The van der Waals surface area contributed by atoms with E-state index < -0.39 is 0 Å². The summed E-state index contributed by atoms with van der Waals surface area (Å²) < 4.78 is 0. The fraction of sp³-hybridized carbons (Fsp3) is 0.846. The lowest BCUT2D eigenvalue weighted by Gasteiger charge is -2.34. The van der Waals surface area contributed by atoms with E-state index in [1.807, 2.05) is 7.05 Å². The minimum atomic E-state index is 0.707. The van der Waals surface area contributed by atoms with Crippen LogP contribution in [-0.4, -0.2) is 37.6 Å². The minimum Gasteiger partial charge on any atom is -0.319 e. The van der Waals surface area contributed by atoms with Crippen molar-refractivity contribution in [2.24, 2.45) is 5.92 Å². The Kier molecular flexibility index (Phi) is 5.96. The molecule has 0 aromatic heterocycles. The van der Waals surface area contributed by atoms with Gasteiger partial charge in [-0.15, -0.1) is 0 Å². The van der Waals surface area contributed by atoms with Crippen LogP contribution < -0.4 is 5.32 Å². The van der Waals surface area contributed by atoms with Crippen molar-refractivity contribution >= 4 is 0 Å². The van der Waals surface area contributed by atoms with Gasteiger partial charge in [-0.1, -0.05) is 12.2 Å². The molecule has 1 unspecified atom stereocenters. The second-order valence-corrected chi connectivity index (χ2v) is 4.81. The van der Waals surface area contributed by atoms with Crippen LogP contribution in [0.5, 0.6) is 0 Å². The van der Waals surface area contributed by atoms with Crippen LogP contribution in [0.25, 0.3) is 0 Å². The largest absolute Gasteiger partial charge is 0.319 e. The molecule has 1 aliphatic rings. The molecular formula is C13H26N2. The Bertz CT molecular complexity index is 187. The number of piperidine rings is 1. The molecule has 1 N–H and O–H groups in total. The molecule has 0 saturated carbocycles. The molecule has 1 saturated heterocycles. The highest BCUT2D eigenvalue weighted by molar-refractivity contribution is 4.92. The maximum absolute atomic E-state index is 3.17. The van der Waals surface area contributed by atoms with Crippen molar-refractivity contribution in [3.8, 4) is 0 Å². The molecule has 0 aromatic rings. The van der Waals surface area contributed by atoms with E-state index in [1.54, 1.807) is 0 Å². The Hall–Kier alpha value is -0.340. The molecule has 0 amide bonds. The van der Waals surface area contributed by atoms with Crippen LogP contribution in [-0.2, 0) is 0 Å². The maximum atomic E-state index is 3.17. The third-order valence-electron chi connectivity index (χ3n) is 3.19. The number of likely N-dealkylation sites (tertiary alicyclic amines) is 1. The Morgan fingerprint density at radius 1 is 1.47 bits per heavy atom. The van der Waals surface area contributed by atoms with Crippen molar-refractivity contribution in [1.82, 2.24) is 10.2 Å². The summed E-state index contributed by atoms with van der Waals surface area (Å²) >= 11 is 0. The molecule has 15 heavy (non-hydrogen) atoms. The Morgan fingerprint density at radius 2 is 2.27 bits per heavy atom. The lowest BCUT2D eigenvalue weighted by atomic mass is 9.96. The van der Waals surface area contributed by atoms with Crippen molar-refractivity contribution in [2.45, 2.75) is 39.2 Å². The maximum Gasteiger partial charge on any atom is 0.00470 e. The van der Waals surface area contributed by atoms with Gasteiger partial charge in [0.2, 0.25) is 0 Å². The first-order valence-corrected chi connectivity index (χ1v) is 6.29. The van der Waals surface area contributed by atoms with Gasteiger partial charge in [-0.05, 0) is 59.2 Å². The molecule has 88 valence electrons. The summed E-state index contributed by atoms with van der Waals surface area (Å²) in [5.41, 5.74) is 0. The molecule has 0 spiro atoms. The zero-order chi connectivity index (χ0) is 11.1. The van der Waals surface area contributed by atoms with Gasteiger partial charge < -0.3 is 10.2 Å². The van der Waals surface area contributed by atoms with Gasteiger partial charge in [-0.3, -0.25) is 0 Å². The molecule has 1 fully saturated rings. The van der Waals surface area contributed by atoms with Gasteiger partial charge in [0.25, 0.3) is 0 Å². The fourth-order valence-electron chi connectivity index (χ4n) is 2.18. The van der Waals surface area contributed by atoms with E-state index in [0.29, 0.717) is 6.04 Å². The summed E-state index contributed by atoms with van der Waals surface area (Å²) in [6.45, 7) is 8.24. The summed E-state index contributed by atoms with van der Waals surface area (Å²) in [5, 5.41) is 3.17. The first-order chi connectivity index (χ1) is 7.24. The predicted molar refractivity (Wildman–Crippen MR) is 67.1 cm³/mol. The zero-order valence-electron chi connectivity index (χ0n) is 10.5. The van der Waals surface area contributed by atoms with E-state index in [4.69, 9.17) is 0 Å². The van der Waals surface area contributed by atoms with Crippen molar-refractivity contribution in [1.29, 1.82) is 0 Å². The predicted octanol–water partition coefficient (Wildman–Crippen LogP) is 2.27. The highest BCUT2D eigenvalue weighted by Crippen LogP contribution is 2.19. The van der Waals surface area contributed by atoms with Crippen LogP contribution in [0.4, 0.5) is 0 Å². The molecule has 2 nitrogen and oxygen atoms in total. The molecule has 1 atom stereocenters. The average molecular weight is 210 g/mol. The molecule has 0 radical (unpaired) electrons. The summed E-state index contributed by atoms with van der Waals surface area (Å²) in [7, 11) is 2.01. The third-order valence-corrected chi connectivity index (χ3v) is 3.19. The standard InChI is InChI=1S/C13H26N2/c1-12(2)15-10-6-8-13(11-15)7-4-5-9-14-3/h4,7,12-14H,5-6,8-11H2,1-3H3/b7-4-. The van der Waals surface area contributed by atoms with Crippen molar-refractivity contribution < 1.29 is 0 Å². The first-order valence-electron chi connectivity index (χ1n) is 6.29. The van der Waals surface area contributed by atoms with Crippen LogP contribution >= 0.6 is 0 Å². The van der Waals surface area contributed by atoms with Crippen LogP contribution in [0.15, 0.2) is 12.2 Å². The second kappa shape index (κ2) is 7.02. The summed E-state index contributed by atoms with van der Waals surface area (Å²) in [6.07, 6.45) is 8.66. The van der Waals surface area contributed by atoms with Gasteiger partial charge in [0.15, 0.2) is 0 Å². The Morgan fingerprint density at radius 3 is 2.93 bits per heavy atom. The summed E-state index contributed by atoms with van der Waals surface area (Å²) in [5.74, 6) is 0.790. The van der Waals surface area contributed by atoms with Gasteiger partial charge in [0.1, 0.15) is 0 Å². The molecule has 1 rings (SSSR count). The van der Waals surface area contributed by atoms with Crippen LogP contribution in [0, 0.1) is 5.92 Å². The van der Waals surface area contributed by atoms with E-state index in [0.717, 1.165) is 18.9 Å². The minimum absolute atomic E-state index is 0.707. The van der Waals surface area contributed by atoms with Gasteiger partial charge >= 0.3 is 0 Å². The van der Waals surface area contributed by atoms with Gasteiger partial charge in [0, 0.05) is 12.6 Å². The molecule has 0 bridgehead atoms. The van der Waals surface area contributed by atoms with Gasteiger partial charge in [0.05, 0.1) is 0 Å². The molecular weight excluding hydrogens is 184 g/mol. The van der Waals surface area contributed by atoms with Gasteiger partial charge in [-0.2, -0.15) is 0 Å². The highest BCUT2D eigenvalue weighted by Gasteiger charge is 2.19. The van der Waals surface area contributed by atoms with Crippen LogP contribution in [0.2, 0.25) is 0 Å². The summed E-state index contributed by atoms with van der Waals surface area (Å²) in [6, 6.07) is 0.707. The van der Waals surface area contributed by atoms with Crippen molar-refractivity contribution in [3.05, 3.63) is 12.2 Å². The summed E-state index contributed by atoms with van der Waals surface area (Å²) in [4.78, 5) is 2.59. The monoisotopic (exact) mass is 210 g/mol. The van der Waals surface area contributed by atoms with E-state index in [9.17, 15) is 0 Å². The molecule has 1 heterocycles. The average Bonchev–Trinajstić information content (AvgIpc) is 2.25. The highest BCUT2D eigenvalue weighted by atomic mass is 15.1. The van der Waals surface area contributed by atoms with Crippen LogP contribution in [0.1, 0.15) is 33.1 Å². The molecule has 0 aliphatic carbocycles. The Balaban J connectivity index is 2.26. The quantitative estimate of drug-likeness (QED) is 0.553. The number of nitrogens with one attached hydrogen (secondary N) is 1. The van der Waals surface area contributed by atoms with Crippen LogP contribution in [0.3, 0.4) is 0 Å². The number of hydrogen-bond acceptors (Lipinski definition) is 2. The number of hydrogen-bond donors (Lipinski definition) is 1. The topological polar surface area (TPSA) is 15.3 Å². The second-order valence-electron chi connectivity index (χ2n) is 4.81. The lowest BCUT2D eigenvalue weighted by Crippen LogP contribution is -2.39. The van der Waals surface area contributed by atoms with Gasteiger partial charge in [-0.25, -0.2) is 0 Å². The number of rotatable bonds is 5. The smallest absolute Gasteiger partial charge is 0.00470 e. The van der Waals surface area contributed by atoms with E-state index in [-0.39, 0.29) is 0 Å².